The Morgan fingerprint density at radius 3 is 2.77 bits per heavy atom. The van der Waals surface area contributed by atoms with Gasteiger partial charge in [-0.25, -0.2) is 0 Å². The van der Waals surface area contributed by atoms with Crippen molar-refractivity contribution in [1.82, 2.24) is 4.90 Å². The number of amides is 1. The highest BCUT2D eigenvalue weighted by atomic mass is 35.5. The number of halogens is 1. The standard InChI is InChI=1S/C17H20ClNO3/c1-12-4-6-19(7-5-12)16(20)3-2-13-10-14(18)17-15(11-13)21-8-9-22-17/h2-3,10-12H,4-9H2,1H3/b3-2+. The van der Waals surface area contributed by atoms with Crippen molar-refractivity contribution in [3.05, 3.63) is 28.8 Å². The van der Waals surface area contributed by atoms with Gasteiger partial charge in [-0.05, 0) is 42.5 Å². The molecule has 0 aromatic heterocycles. The van der Waals surface area contributed by atoms with E-state index in [-0.39, 0.29) is 5.91 Å². The number of nitrogens with zero attached hydrogens (tertiary/aromatic N) is 1. The molecule has 2 aliphatic heterocycles. The van der Waals surface area contributed by atoms with Gasteiger partial charge in [0.15, 0.2) is 11.5 Å². The summed E-state index contributed by atoms with van der Waals surface area (Å²) in [5, 5.41) is 0.510. The fourth-order valence-corrected chi connectivity index (χ4v) is 3.00. The molecule has 4 nitrogen and oxygen atoms in total. The summed E-state index contributed by atoms with van der Waals surface area (Å²) in [7, 11) is 0. The van der Waals surface area contributed by atoms with Gasteiger partial charge in [-0.3, -0.25) is 4.79 Å². The van der Waals surface area contributed by atoms with Crippen LogP contribution in [0.2, 0.25) is 5.02 Å². The summed E-state index contributed by atoms with van der Waals surface area (Å²) < 4.78 is 11.0. The van der Waals surface area contributed by atoms with E-state index in [0.717, 1.165) is 31.5 Å². The average molecular weight is 322 g/mol. The van der Waals surface area contributed by atoms with Crippen molar-refractivity contribution in [1.29, 1.82) is 0 Å². The molecule has 22 heavy (non-hydrogen) atoms. The monoisotopic (exact) mass is 321 g/mol. The first kappa shape index (κ1) is 15.2. The Balaban J connectivity index is 1.70. The van der Waals surface area contributed by atoms with Crippen molar-refractivity contribution in [2.75, 3.05) is 26.3 Å². The van der Waals surface area contributed by atoms with Crippen molar-refractivity contribution >= 4 is 23.6 Å². The summed E-state index contributed by atoms with van der Waals surface area (Å²) in [5.74, 6) is 1.99. The molecule has 0 aliphatic carbocycles. The van der Waals surface area contributed by atoms with Gasteiger partial charge in [0, 0.05) is 19.2 Å². The maximum absolute atomic E-state index is 12.2. The summed E-state index contributed by atoms with van der Waals surface area (Å²) in [4.78, 5) is 14.1. The van der Waals surface area contributed by atoms with Crippen molar-refractivity contribution in [2.45, 2.75) is 19.8 Å². The Hall–Kier alpha value is -1.68. The molecule has 0 N–H and O–H groups in total. The number of hydrogen-bond acceptors (Lipinski definition) is 3. The molecule has 0 radical (unpaired) electrons. The SMILES string of the molecule is CC1CCN(C(=O)/C=C/c2cc(Cl)c3c(c2)OCCO3)CC1. The van der Waals surface area contributed by atoms with Gasteiger partial charge in [0.05, 0.1) is 5.02 Å². The van der Waals surface area contributed by atoms with E-state index in [2.05, 4.69) is 6.92 Å². The predicted octanol–water partition coefficient (Wildman–Crippen LogP) is 3.38. The quantitative estimate of drug-likeness (QED) is 0.784. The van der Waals surface area contributed by atoms with Crippen LogP contribution >= 0.6 is 11.6 Å². The lowest BCUT2D eigenvalue weighted by Crippen LogP contribution is -2.36. The van der Waals surface area contributed by atoms with E-state index in [0.29, 0.717) is 35.7 Å². The molecule has 0 atom stereocenters. The van der Waals surface area contributed by atoms with E-state index in [1.165, 1.54) is 0 Å². The van der Waals surface area contributed by atoms with Crippen LogP contribution in [0.15, 0.2) is 18.2 Å². The third-order valence-electron chi connectivity index (χ3n) is 4.13. The maximum atomic E-state index is 12.2. The summed E-state index contributed by atoms with van der Waals surface area (Å²) in [6.07, 6.45) is 5.55. The lowest BCUT2D eigenvalue weighted by atomic mass is 9.99. The molecule has 0 spiro atoms. The van der Waals surface area contributed by atoms with Crippen LogP contribution in [0.25, 0.3) is 6.08 Å². The van der Waals surface area contributed by atoms with E-state index in [4.69, 9.17) is 21.1 Å². The summed E-state index contributed by atoms with van der Waals surface area (Å²) >= 11 is 6.19. The number of carbonyl (C=O) groups excluding carboxylic acids is 1. The second kappa shape index (κ2) is 6.61. The molecule has 5 heteroatoms. The number of hydrogen-bond donors (Lipinski definition) is 0. The molecule has 2 aliphatic rings. The molecule has 0 bridgehead atoms. The van der Waals surface area contributed by atoms with Gasteiger partial charge in [-0.2, -0.15) is 0 Å². The second-order valence-electron chi connectivity index (χ2n) is 5.87. The van der Waals surface area contributed by atoms with E-state index < -0.39 is 0 Å². The number of ether oxygens (including phenoxy) is 2. The molecule has 1 saturated heterocycles. The fraction of sp³-hybridized carbons (Fsp3) is 0.471. The van der Waals surface area contributed by atoms with Crippen molar-refractivity contribution in [3.8, 4) is 11.5 Å². The third-order valence-corrected chi connectivity index (χ3v) is 4.41. The molecule has 1 amide bonds. The lowest BCUT2D eigenvalue weighted by Gasteiger charge is -2.29. The zero-order valence-electron chi connectivity index (χ0n) is 12.7. The molecule has 0 unspecified atom stereocenters. The van der Waals surface area contributed by atoms with E-state index in [1.807, 2.05) is 11.0 Å². The minimum Gasteiger partial charge on any atom is -0.486 e. The predicted molar refractivity (Wildman–Crippen MR) is 86.5 cm³/mol. The summed E-state index contributed by atoms with van der Waals surface area (Å²) in [5.41, 5.74) is 0.841. The van der Waals surface area contributed by atoms with Crippen LogP contribution in [0.4, 0.5) is 0 Å². The van der Waals surface area contributed by atoms with E-state index >= 15 is 0 Å². The largest absolute Gasteiger partial charge is 0.486 e. The smallest absolute Gasteiger partial charge is 0.246 e. The molecule has 3 rings (SSSR count). The van der Waals surface area contributed by atoms with Gasteiger partial charge in [-0.1, -0.05) is 18.5 Å². The lowest BCUT2D eigenvalue weighted by molar-refractivity contribution is -0.127. The Kier molecular flexibility index (Phi) is 4.57. The number of piperidine rings is 1. The first-order chi connectivity index (χ1) is 10.6. The summed E-state index contributed by atoms with van der Waals surface area (Å²) in [6, 6.07) is 3.64. The minimum absolute atomic E-state index is 0.0536. The van der Waals surface area contributed by atoms with Crippen LogP contribution in [0.1, 0.15) is 25.3 Å². The van der Waals surface area contributed by atoms with Crippen molar-refractivity contribution in [3.63, 3.8) is 0 Å². The van der Waals surface area contributed by atoms with Crippen LogP contribution < -0.4 is 9.47 Å². The Bertz CT molecular complexity index is 592. The molecular weight excluding hydrogens is 302 g/mol. The van der Waals surface area contributed by atoms with Gasteiger partial charge in [0.2, 0.25) is 5.91 Å². The third kappa shape index (κ3) is 3.38. The van der Waals surface area contributed by atoms with Gasteiger partial charge in [-0.15, -0.1) is 0 Å². The highest BCUT2D eigenvalue weighted by molar-refractivity contribution is 6.32. The molecule has 118 valence electrons. The molecule has 1 aromatic rings. The molecule has 0 saturated carbocycles. The van der Waals surface area contributed by atoms with Crippen LogP contribution in [0, 0.1) is 5.92 Å². The average Bonchev–Trinajstić information content (AvgIpc) is 2.53. The highest BCUT2D eigenvalue weighted by Crippen LogP contribution is 2.38. The van der Waals surface area contributed by atoms with Crippen molar-refractivity contribution in [2.24, 2.45) is 5.92 Å². The number of fused-ring (bicyclic) bond motifs is 1. The topological polar surface area (TPSA) is 38.8 Å². The first-order valence-corrected chi connectivity index (χ1v) is 8.07. The Morgan fingerprint density at radius 1 is 1.27 bits per heavy atom. The zero-order chi connectivity index (χ0) is 15.5. The van der Waals surface area contributed by atoms with Crippen LogP contribution in [-0.2, 0) is 4.79 Å². The normalized spacial score (nSPS) is 18.7. The Morgan fingerprint density at radius 2 is 2.00 bits per heavy atom. The van der Waals surface area contributed by atoms with Crippen LogP contribution in [-0.4, -0.2) is 37.1 Å². The number of likely N-dealkylation sites (tertiary alicyclic amines) is 1. The number of carbonyl (C=O) groups is 1. The van der Waals surface area contributed by atoms with Gasteiger partial charge in [0.25, 0.3) is 0 Å². The van der Waals surface area contributed by atoms with Gasteiger partial charge < -0.3 is 14.4 Å². The fourth-order valence-electron chi connectivity index (χ4n) is 2.73. The Labute approximate surface area is 135 Å². The summed E-state index contributed by atoms with van der Waals surface area (Å²) in [6.45, 7) is 4.93. The molecule has 2 heterocycles. The molecular formula is C17H20ClNO3. The van der Waals surface area contributed by atoms with Crippen LogP contribution in [0.5, 0.6) is 11.5 Å². The number of benzene rings is 1. The van der Waals surface area contributed by atoms with Crippen molar-refractivity contribution < 1.29 is 14.3 Å². The van der Waals surface area contributed by atoms with Gasteiger partial charge >= 0.3 is 0 Å². The van der Waals surface area contributed by atoms with Crippen LogP contribution in [0.3, 0.4) is 0 Å². The molecule has 1 fully saturated rings. The second-order valence-corrected chi connectivity index (χ2v) is 6.28. The van der Waals surface area contributed by atoms with E-state index in [9.17, 15) is 4.79 Å². The molecule has 1 aromatic carbocycles. The zero-order valence-corrected chi connectivity index (χ0v) is 13.4. The highest BCUT2D eigenvalue weighted by Gasteiger charge is 2.19. The maximum Gasteiger partial charge on any atom is 0.246 e. The number of rotatable bonds is 2. The first-order valence-electron chi connectivity index (χ1n) is 7.69. The minimum atomic E-state index is 0.0536. The van der Waals surface area contributed by atoms with E-state index in [1.54, 1.807) is 18.2 Å². The van der Waals surface area contributed by atoms with Gasteiger partial charge in [0.1, 0.15) is 13.2 Å².